The smallest absolute Gasteiger partial charge is 0.128 e. The topological polar surface area (TPSA) is 28.2 Å². The first-order chi connectivity index (χ1) is 9.25. The summed E-state index contributed by atoms with van der Waals surface area (Å²) < 4.78 is 0. The average molecular weight is 261 g/mol. The van der Waals surface area contributed by atoms with Gasteiger partial charge in [0.1, 0.15) is 5.82 Å². The minimum absolute atomic E-state index is 0.689. The predicted molar refractivity (Wildman–Crippen MR) is 81.5 cm³/mol. The Balaban J connectivity index is 1.93. The SMILES string of the molecule is CC(C)CNCc1cccc(N2CCCCCC2)n1. The van der Waals surface area contributed by atoms with E-state index >= 15 is 0 Å². The molecule has 0 unspecified atom stereocenters. The van der Waals surface area contributed by atoms with E-state index in [2.05, 4.69) is 42.3 Å². The van der Waals surface area contributed by atoms with Crippen molar-refractivity contribution in [2.45, 2.75) is 46.1 Å². The Kier molecular flexibility index (Phi) is 5.64. The van der Waals surface area contributed by atoms with Crippen molar-refractivity contribution in [2.24, 2.45) is 5.92 Å². The third kappa shape index (κ3) is 4.83. The molecule has 1 aromatic rings. The molecule has 0 amide bonds. The predicted octanol–water partition coefficient (Wildman–Crippen LogP) is 3.21. The minimum Gasteiger partial charge on any atom is -0.357 e. The van der Waals surface area contributed by atoms with Crippen molar-refractivity contribution in [3.63, 3.8) is 0 Å². The van der Waals surface area contributed by atoms with Crippen LogP contribution in [0.5, 0.6) is 0 Å². The zero-order valence-corrected chi connectivity index (χ0v) is 12.4. The standard InChI is InChI=1S/C16H27N3/c1-14(2)12-17-13-15-8-7-9-16(18-15)19-10-5-3-4-6-11-19/h7-9,14,17H,3-6,10-13H2,1-2H3. The zero-order chi connectivity index (χ0) is 13.5. The van der Waals surface area contributed by atoms with Gasteiger partial charge in [0.2, 0.25) is 0 Å². The first-order valence-corrected chi connectivity index (χ1v) is 7.67. The monoisotopic (exact) mass is 261 g/mol. The molecule has 2 heterocycles. The summed E-state index contributed by atoms with van der Waals surface area (Å²) in [4.78, 5) is 7.24. The molecule has 0 aliphatic carbocycles. The third-order valence-corrected chi connectivity index (χ3v) is 3.58. The Morgan fingerprint density at radius 3 is 2.58 bits per heavy atom. The van der Waals surface area contributed by atoms with E-state index in [1.807, 2.05) is 0 Å². The van der Waals surface area contributed by atoms with Crippen molar-refractivity contribution in [2.75, 3.05) is 24.5 Å². The van der Waals surface area contributed by atoms with E-state index in [1.54, 1.807) is 0 Å². The largest absolute Gasteiger partial charge is 0.357 e. The second-order valence-electron chi connectivity index (χ2n) is 5.91. The Morgan fingerprint density at radius 2 is 1.89 bits per heavy atom. The van der Waals surface area contributed by atoms with E-state index in [4.69, 9.17) is 4.98 Å². The lowest BCUT2D eigenvalue weighted by Crippen LogP contribution is -2.26. The van der Waals surface area contributed by atoms with Crippen LogP contribution in [-0.2, 0) is 6.54 Å². The molecule has 106 valence electrons. The molecule has 3 nitrogen and oxygen atoms in total. The lowest BCUT2D eigenvalue weighted by molar-refractivity contribution is 0.548. The fourth-order valence-electron chi connectivity index (χ4n) is 2.53. The van der Waals surface area contributed by atoms with Crippen LogP contribution in [0.25, 0.3) is 0 Å². The van der Waals surface area contributed by atoms with Gasteiger partial charge in [-0.25, -0.2) is 4.98 Å². The minimum atomic E-state index is 0.689. The Labute approximate surface area is 117 Å². The molecule has 0 atom stereocenters. The summed E-state index contributed by atoms with van der Waals surface area (Å²) in [6.07, 6.45) is 5.34. The van der Waals surface area contributed by atoms with Crippen molar-refractivity contribution < 1.29 is 0 Å². The maximum atomic E-state index is 4.80. The highest BCUT2D eigenvalue weighted by molar-refractivity contribution is 5.39. The zero-order valence-electron chi connectivity index (χ0n) is 12.4. The van der Waals surface area contributed by atoms with E-state index in [0.29, 0.717) is 5.92 Å². The maximum absolute atomic E-state index is 4.80. The first-order valence-electron chi connectivity index (χ1n) is 7.67. The highest BCUT2D eigenvalue weighted by atomic mass is 15.2. The Hall–Kier alpha value is -1.09. The summed E-state index contributed by atoms with van der Waals surface area (Å²) in [5.41, 5.74) is 1.15. The molecule has 19 heavy (non-hydrogen) atoms. The molecule has 1 aliphatic heterocycles. The normalized spacial score (nSPS) is 16.7. The highest BCUT2D eigenvalue weighted by Gasteiger charge is 2.11. The second-order valence-corrected chi connectivity index (χ2v) is 5.91. The van der Waals surface area contributed by atoms with Gasteiger partial charge in [-0.1, -0.05) is 32.8 Å². The molecule has 1 N–H and O–H groups in total. The van der Waals surface area contributed by atoms with Gasteiger partial charge in [0.05, 0.1) is 5.69 Å². The van der Waals surface area contributed by atoms with Crippen molar-refractivity contribution in [3.8, 4) is 0 Å². The van der Waals surface area contributed by atoms with Gasteiger partial charge in [-0.05, 0) is 37.4 Å². The molecule has 1 fully saturated rings. The van der Waals surface area contributed by atoms with Gasteiger partial charge in [0.15, 0.2) is 0 Å². The van der Waals surface area contributed by atoms with Crippen LogP contribution in [-0.4, -0.2) is 24.6 Å². The number of anilines is 1. The third-order valence-electron chi connectivity index (χ3n) is 3.58. The highest BCUT2D eigenvalue weighted by Crippen LogP contribution is 2.17. The van der Waals surface area contributed by atoms with Gasteiger partial charge in [-0.2, -0.15) is 0 Å². The van der Waals surface area contributed by atoms with Crippen LogP contribution in [0.1, 0.15) is 45.2 Å². The molecular weight excluding hydrogens is 234 g/mol. The molecule has 1 aliphatic rings. The summed E-state index contributed by atoms with van der Waals surface area (Å²) in [7, 11) is 0. The second kappa shape index (κ2) is 7.49. The van der Waals surface area contributed by atoms with Crippen LogP contribution >= 0.6 is 0 Å². The molecule has 2 rings (SSSR count). The van der Waals surface area contributed by atoms with E-state index in [9.17, 15) is 0 Å². The molecule has 0 radical (unpaired) electrons. The van der Waals surface area contributed by atoms with Crippen LogP contribution < -0.4 is 10.2 Å². The lowest BCUT2D eigenvalue weighted by atomic mass is 10.2. The van der Waals surface area contributed by atoms with Crippen molar-refractivity contribution in [1.29, 1.82) is 0 Å². The van der Waals surface area contributed by atoms with Crippen molar-refractivity contribution >= 4 is 5.82 Å². The van der Waals surface area contributed by atoms with Gasteiger partial charge >= 0.3 is 0 Å². The Bertz CT molecular complexity index is 368. The number of rotatable bonds is 5. The van der Waals surface area contributed by atoms with Crippen LogP contribution in [0, 0.1) is 5.92 Å². The lowest BCUT2D eigenvalue weighted by Gasteiger charge is -2.22. The fraction of sp³-hybridized carbons (Fsp3) is 0.688. The molecule has 0 aromatic carbocycles. The van der Waals surface area contributed by atoms with E-state index < -0.39 is 0 Å². The van der Waals surface area contributed by atoms with Crippen LogP contribution in [0.2, 0.25) is 0 Å². The number of hydrogen-bond acceptors (Lipinski definition) is 3. The first kappa shape index (κ1) is 14.3. The summed E-state index contributed by atoms with van der Waals surface area (Å²) in [5, 5.41) is 3.46. The number of pyridine rings is 1. The molecule has 0 spiro atoms. The molecule has 3 heteroatoms. The molecule has 1 saturated heterocycles. The van der Waals surface area contributed by atoms with Crippen LogP contribution in [0.15, 0.2) is 18.2 Å². The number of nitrogens with zero attached hydrogens (tertiary/aromatic N) is 2. The number of aromatic nitrogens is 1. The summed E-state index contributed by atoms with van der Waals surface area (Å²) in [5.74, 6) is 1.85. The molecule has 1 aromatic heterocycles. The average Bonchev–Trinajstić information content (AvgIpc) is 2.67. The van der Waals surface area contributed by atoms with E-state index in [0.717, 1.165) is 37.7 Å². The van der Waals surface area contributed by atoms with Crippen molar-refractivity contribution in [1.82, 2.24) is 10.3 Å². The van der Waals surface area contributed by atoms with Gasteiger partial charge < -0.3 is 10.2 Å². The van der Waals surface area contributed by atoms with Gasteiger partial charge in [-0.15, -0.1) is 0 Å². The number of hydrogen-bond donors (Lipinski definition) is 1. The van der Waals surface area contributed by atoms with Gasteiger partial charge in [0.25, 0.3) is 0 Å². The number of nitrogens with one attached hydrogen (secondary N) is 1. The van der Waals surface area contributed by atoms with Gasteiger partial charge in [0, 0.05) is 19.6 Å². The van der Waals surface area contributed by atoms with E-state index in [-0.39, 0.29) is 0 Å². The van der Waals surface area contributed by atoms with Gasteiger partial charge in [-0.3, -0.25) is 0 Å². The molecule has 0 saturated carbocycles. The quantitative estimate of drug-likeness (QED) is 0.882. The maximum Gasteiger partial charge on any atom is 0.128 e. The van der Waals surface area contributed by atoms with E-state index in [1.165, 1.54) is 25.7 Å². The molecular formula is C16H27N3. The molecule has 0 bridgehead atoms. The van der Waals surface area contributed by atoms with Crippen LogP contribution in [0.3, 0.4) is 0 Å². The summed E-state index contributed by atoms with van der Waals surface area (Å²) >= 11 is 0. The fourth-order valence-corrected chi connectivity index (χ4v) is 2.53. The van der Waals surface area contributed by atoms with Crippen molar-refractivity contribution in [3.05, 3.63) is 23.9 Å². The Morgan fingerprint density at radius 1 is 1.16 bits per heavy atom. The summed E-state index contributed by atoms with van der Waals surface area (Å²) in [6, 6.07) is 6.41. The van der Waals surface area contributed by atoms with Crippen LogP contribution in [0.4, 0.5) is 5.82 Å². The summed E-state index contributed by atoms with van der Waals surface area (Å²) in [6.45, 7) is 8.71.